The fourth-order valence-electron chi connectivity index (χ4n) is 4.13. The monoisotopic (exact) mass is 428 g/mol. The predicted octanol–water partition coefficient (Wildman–Crippen LogP) is 2.51. The van der Waals surface area contributed by atoms with Crippen molar-refractivity contribution < 1.29 is 14.3 Å². The molecular formula is C24H36N4O3. The molecule has 2 fully saturated rings. The first-order valence-corrected chi connectivity index (χ1v) is 11.5. The Morgan fingerprint density at radius 2 is 1.71 bits per heavy atom. The molecule has 1 aromatic rings. The van der Waals surface area contributed by atoms with Gasteiger partial charge in [0, 0.05) is 69.7 Å². The van der Waals surface area contributed by atoms with Crippen molar-refractivity contribution in [1.82, 2.24) is 15.1 Å². The number of nitrogens with one attached hydrogen (secondary N) is 2. The molecule has 0 bridgehead atoms. The zero-order valence-electron chi connectivity index (χ0n) is 18.6. The third-order valence-corrected chi connectivity index (χ3v) is 6.06. The zero-order chi connectivity index (χ0) is 21.9. The zero-order valence-corrected chi connectivity index (χ0v) is 18.6. The Bertz CT molecular complexity index is 721. The minimum atomic E-state index is -0.155. The summed E-state index contributed by atoms with van der Waals surface area (Å²) in [6.45, 7) is 6.58. The molecular weight excluding hydrogens is 392 g/mol. The molecule has 0 radical (unpaired) electrons. The smallest absolute Gasteiger partial charge is 0.251 e. The highest BCUT2D eigenvalue weighted by atomic mass is 16.5. The average Bonchev–Trinajstić information content (AvgIpc) is 2.79. The topological polar surface area (TPSA) is 73.9 Å². The summed E-state index contributed by atoms with van der Waals surface area (Å²) >= 11 is 0. The van der Waals surface area contributed by atoms with E-state index in [9.17, 15) is 9.59 Å². The Morgan fingerprint density at radius 3 is 2.39 bits per heavy atom. The molecule has 2 N–H and O–H groups in total. The second-order valence-electron chi connectivity index (χ2n) is 8.41. The molecule has 31 heavy (non-hydrogen) atoms. The van der Waals surface area contributed by atoms with E-state index in [-0.39, 0.29) is 11.8 Å². The maximum Gasteiger partial charge on any atom is 0.251 e. The largest absolute Gasteiger partial charge is 0.383 e. The van der Waals surface area contributed by atoms with Crippen LogP contribution in [0.4, 0.5) is 5.69 Å². The van der Waals surface area contributed by atoms with Crippen molar-refractivity contribution in [1.29, 1.82) is 0 Å². The predicted molar refractivity (Wildman–Crippen MR) is 123 cm³/mol. The lowest BCUT2D eigenvalue weighted by Gasteiger charge is -2.33. The number of piperazine rings is 1. The lowest BCUT2D eigenvalue weighted by atomic mass is 9.95. The summed E-state index contributed by atoms with van der Waals surface area (Å²) < 4.78 is 5.13. The Morgan fingerprint density at radius 1 is 1.03 bits per heavy atom. The van der Waals surface area contributed by atoms with Gasteiger partial charge in [-0.05, 0) is 37.1 Å². The van der Waals surface area contributed by atoms with Gasteiger partial charge < -0.3 is 15.4 Å². The second kappa shape index (κ2) is 12.6. The molecule has 170 valence electrons. The van der Waals surface area contributed by atoms with Gasteiger partial charge in [0.15, 0.2) is 0 Å². The quantitative estimate of drug-likeness (QED) is 0.591. The minimum Gasteiger partial charge on any atom is -0.383 e. The normalized spacial score (nSPS) is 18.9. The lowest BCUT2D eigenvalue weighted by Crippen LogP contribution is -2.47. The standard InChI is InChI=1S/C24H36N4O3/c1-31-19-18-28-16-14-27(15-17-28)13-5-8-23(29)25-22-11-9-20(10-12-22)24(30)26-21-6-3-2-4-7-21/h5,8-12,21H,2-4,6-7,13-19H2,1H3,(H,25,29)(H,26,30)/b8-5+. The highest BCUT2D eigenvalue weighted by Crippen LogP contribution is 2.18. The summed E-state index contributed by atoms with van der Waals surface area (Å²) in [4.78, 5) is 29.3. The van der Waals surface area contributed by atoms with E-state index < -0.39 is 0 Å². The van der Waals surface area contributed by atoms with Crippen LogP contribution in [0.25, 0.3) is 0 Å². The first kappa shape index (κ1) is 23.4. The molecule has 1 saturated heterocycles. The molecule has 1 heterocycles. The molecule has 2 aliphatic rings. The number of methoxy groups -OCH3 is 1. The molecule has 1 saturated carbocycles. The third kappa shape index (κ3) is 8.09. The van der Waals surface area contributed by atoms with Gasteiger partial charge in [0.05, 0.1) is 6.61 Å². The first-order valence-electron chi connectivity index (χ1n) is 11.5. The van der Waals surface area contributed by atoms with Crippen LogP contribution in [0.2, 0.25) is 0 Å². The van der Waals surface area contributed by atoms with Gasteiger partial charge in [-0.3, -0.25) is 19.4 Å². The summed E-state index contributed by atoms with van der Waals surface area (Å²) in [5.41, 5.74) is 1.32. The van der Waals surface area contributed by atoms with Crippen molar-refractivity contribution in [2.24, 2.45) is 0 Å². The van der Waals surface area contributed by atoms with E-state index in [1.54, 1.807) is 37.5 Å². The summed E-state index contributed by atoms with van der Waals surface area (Å²) in [5.74, 6) is -0.190. The van der Waals surface area contributed by atoms with Gasteiger partial charge in [0.2, 0.25) is 5.91 Å². The van der Waals surface area contributed by atoms with E-state index in [0.717, 1.165) is 58.7 Å². The van der Waals surface area contributed by atoms with Crippen LogP contribution in [-0.4, -0.2) is 80.6 Å². The van der Waals surface area contributed by atoms with E-state index in [1.807, 2.05) is 6.08 Å². The number of carbonyl (C=O) groups excluding carboxylic acids is 2. The highest BCUT2D eigenvalue weighted by Gasteiger charge is 2.17. The number of benzene rings is 1. The van der Waals surface area contributed by atoms with Crippen LogP contribution in [-0.2, 0) is 9.53 Å². The average molecular weight is 429 g/mol. The minimum absolute atomic E-state index is 0.0352. The maximum absolute atomic E-state index is 12.4. The maximum atomic E-state index is 12.4. The Kier molecular flexibility index (Phi) is 9.52. The number of hydrogen-bond acceptors (Lipinski definition) is 5. The van der Waals surface area contributed by atoms with E-state index >= 15 is 0 Å². The van der Waals surface area contributed by atoms with E-state index in [0.29, 0.717) is 17.3 Å². The molecule has 2 amide bonds. The summed E-state index contributed by atoms with van der Waals surface area (Å²) in [6, 6.07) is 7.38. The summed E-state index contributed by atoms with van der Waals surface area (Å²) in [6.07, 6.45) is 9.27. The molecule has 1 aromatic carbocycles. The molecule has 7 nitrogen and oxygen atoms in total. The fraction of sp³-hybridized carbons (Fsp3) is 0.583. The fourth-order valence-corrected chi connectivity index (χ4v) is 4.13. The highest BCUT2D eigenvalue weighted by molar-refractivity contribution is 6.00. The first-order chi connectivity index (χ1) is 15.1. The number of ether oxygens (including phenoxy) is 1. The third-order valence-electron chi connectivity index (χ3n) is 6.06. The van der Waals surface area contributed by atoms with Crippen LogP contribution in [0.15, 0.2) is 36.4 Å². The van der Waals surface area contributed by atoms with Gasteiger partial charge in [-0.2, -0.15) is 0 Å². The van der Waals surface area contributed by atoms with Crippen molar-refractivity contribution >= 4 is 17.5 Å². The van der Waals surface area contributed by atoms with E-state index in [2.05, 4.69) is 20.4 Å². The van der Waals surface area contributed by atoms with Gasteiger partial charge in [-0.25, -0.2) is 0 Å². The van der Waals surface area contributed by atoms with E-state index in [1.165, 1.54) is 19.3 Å². The van der Waals surface area contributed by atoms with Crippen molar-refractivity contribution in [2.75, 3.05) is 58.3 Å². The van der Waals surface area contributed by atoms with Crippen molar-refractivity contribution in [3.8, 4) is 0 Å². The molecule has 0 aromatic heterocycles. The summed E-state index contributed by atoms with van der Waals surface area (Å²) in [5, 5.41) is 5.98. The van der Waals surface area contributed by atoms with Gasteiger partial charge in [0.25, 0.3) is 5.91 Å². The SMILES string of the molecule is COCCN1CCN(C/C=C/C(=O)Nc2ccc(C(=O)NC3CCCCC3)cc2)CC1. The van der Waals surface area contributed by atoms with Crippen molar-refractivity contribution in [3.63, 3.8) is 0 Å². The molecule has 0 spiro atoms. The Balaban J connectivity index is 1.37. The number of rotatable bonds is 9. The number of hydrogen-bond donors (Lipinski definition) is 2. The Hall–Kier alpha value is -2.22. The number of anilines is 1. The lowest BCUT2D eigenvalue weighted by molar-refractivity contribution is -0.111. The Labute approximate surface area is 185 Å². The van der Waals surface area contributed by atoms with Gasteiger partial charge in [-0.15, -0.1) is 0 Å². The molecule has 7 heteroatoms. The van der Waals surface area contributed by atoms with Gasteiger partial charge in [-0.1, -0.05) is 25.3 Å². The van der Waals surface area contributed by atoms with Gasteiger partial charge >= 0.3 is 0 Å². The van der Waals surface area contributed by atoms with Crippen LogP contribution >= 0.6 is 0 Å². The van der Waals surface area contributed by atoms with Crippen LogP contribution in [0, 0.1) is 0 Å². The number of amides is 2. The molecule has 0 atom stereocenters. The van der Waals surface area contributed by atoms with Crippen LogP contribution in [0.5, 0.6) is 0 Å². The van der Waals surface area contributed by atoms with Crippen molar-refractivity contribution in [3.05, 3.63) is 42.0 Å². The summed E-state index contributed by atoms with van der Waals surface area (Å²) in [7, 11) is 1.73. The molecule has 3 rings (SSSR count). The second-order valence-corrected chi connectivity index (χ2v) is 8.41. The van der Waals surface area contributed by atoms with Crippen LogP contribution in [0.3, 0.4) is 0 Å². The van der Waals surface area contributed by atoms with Gasteiger partial charge in [0.1, 0.15) is 0 Å². The number of carbonyl (C=O) groups is 2. The molecule has 1 aliphatic heterocycles. The number of nitrogens with zero attached hydrogens (tertiary/aromatic N) is 2. The van der Waals surface area contributed by atoms with Crippen LogP contribution < -0.4 is 10.6 Å². The molecule has 1 aliphatic carbocycles. The van der Waals surface area contributed by atoms with Crippen LogP contribution in [0.1, 0.15) is 42.5 Å². The molecule has 0 unspecified atom stereocenters. The van der Waals surface area contributed by atoms with E-state index in [4.69, 9.17) is 4.74 Å². The van der Waals surface area contributed by atoms with Crippen molar-refractivity contribution in [2.45, 2.75) is 38.1 Å².